The van der Waals surface area contributed by atoms with E-state index in [0.717, 1.165) is 12.8 Å². The van der Waals surface area contributed by atoms with Crippen molar-refractivity contribution in [3.05, 3.63) is 28.3 Å². The van der Waals surface area contributed by atoms with Gasteiger partial charge in [-0.2, -0.15) is 0 Å². The summed E-state index contributed by atoms with van der Waals surface area (Å²) in [6.45, 7) is 0.634. The number of rotatable bonds is 4. The third-order valence-corrected chi connectivity index (χ3v) is 2.92. The molecule has 1 atom stereocenters. The van der Waals surface area contributed by atoms with Gasteiger partial charge in [0.15, 0.2) is 5.69 Å². The van der Waals surface area contributed by atoms with Gasteiger partial charge >= 0.3 is 0 Å². The second-order valence-electron chi connectivity index (χ2n) is 4.32. The van der Waals surface area contributed by atoms with Gasteiger partial charge in [-0.25, -0.2) is 0 Å². The molecule has 0 aromatic heterocycles. The molecule has 0 spiro atoms. The van der Waals surface area contributed by atoms with Crippen molar-refractivity contribution in [2.75, 3.05) is 11.9 Å². The number of nitro benzene ring substituents is 1. The van der Waals surface area contributed by atoms with Gasteiger partial charge in [-0.15, -0.1) is 0 Å². The molecule has 1 aliphatic heterocycles. The number of carbonyl (C=O) groups is 1. The van der Waals surface area contributed by atoms with Gasteiger partial charge in [-0.1, -0.05) is 6.07 Å². The maximum Gasteiger partial charge on any atom is 0.296 e. The Bertz CT molecular complexity index is 497. The van der Waals surface area contributed by atoms with E-state index in [1.54, 1.807) is 0 Å². The molecule has 0 bridgehead atoms. The fraction of sp³-hybridized carbons (Fsp3) is 0.417. The Morgan fingerprint density at radius 3 is 3.00 bits per heavy atom. The number of nitrogens with one attached hydrogen (secondary N) is 1. The molecule has 0 aliphatic carbocycles. The summed E-state index contributed by atoms with van der Waals surface area (Å²) in [5.41, 5.74) is -0.504. The van der Waals surface area contributed by atoms with Crippen molar-refractivity contribution >= 4 is 17.3 Å². The summed E-state index contributed by atoms with van der Waals surface area (Å²) in [4.78, 5) is 21.9. The first-order valence-electron chi connectivity index (χ1n) is 5.95. The Morgan fingerprint density at radius 1 is 1.58 bits per heavy atom. The van der Waals surface area contributed by atoms with E-state index in [4.69, 9.17) is 4.74 Å². The molecule has 1 aromatic carbocycles. The highest BCUT2D eigenvalue weighted by atomic mass is 16.6. The van der Waals surface area contributed by atoms with Crippen molar-refractivity contribution < 1.29 is 19.6 Å². The van der Waals surface area contributed by atoms with E-state index >= 15 is 0 Å². The van der Waals surface area contributed by atoms with Gasteiger partial charge in [0.2, 0.25) is 5.91 Å². The van der Waals surface area contributed by atoms with Gasteiger partial charge in [-0.05, 0) is 18.9 Å². The maximum absolute atomic E-state index is 11.8. The largest absolute Gasteiger partial charge is 0.505 e. The lowest BCUT2D eigenvalue weighted by molar-refractivity contribution is -0.384. The average molecular weight is 266 g/mol. The first-order chi connectivity index (χ1) is 9.08. The standard InChI is InChI=1S/C12H14N2O5/c15-10-5-1-4-9(14(17)18)12(10)13-11(16)7-8-3-2-6-19-8/h1,4-5,8,15H,2-3,6-7H2,(H,13,16). The van der Waals surface area contributed by atoms with Crippen LogP contribution in [0.3, 0.4) is 0 Å². The predicted octanol–water partition coefficient (Wildman–Crippen LogP) is 1.81. The number of ether oxygens (including phenoxy) is 1. The molecule has 2 rings (SSSR count). The molecule has 1 heterocycles. The molecule has 7 heteroatoms. The number of amides is 1. The summed E-state index contributed by atoms with van der Waals surface area (Å²) in [7, 11) is 0. The van der Waals surface area contributed by atoms with Crippen LogP contribution in [0.25, 0.3) is 0 Å². The highest BCUT2D eigenvalue weighted by Crippen LogP contribution is 2.33. The molecule has 0 radical (unpaired) electrons. The maximum atomic E-state index is 11.8. The van der Waals surface area contributed by atoms with Gasteiger partial charge in [0.1, 0.15) is 5.75 Å². The monoisotopic (exact) mass is 266 g/mol. The number of phenolic OH excluding ortho intramolecular Hbond substituents is 1. The fourth-order valence-corrected chi connectivity index (χ4v) is 2.01. The quantitative estimate of drug-likeness (QED) is 0.491. The molecule has 2 N–H and O–H groups in total. The number of nitro groups is 1. The molecule has 1 fully saturated rings. The number of hydrogen-bond acceptors (Lipinski definition) is 5. The molecule has 1 aliphatic rings. The Hall–Kier alpha value is -2.15. The van der Waals surface area contributed by atoms with E-state index in [1.165, 1.54) is 18.2 Å². The van der Waals surface area contributed by atoms with Crippen molar-refractivity contribution in [3.63, 3.8) is 0 Å². The Morgan fingerprint density at radius 2 is 2.37 bits per heavy atom. The third-order valence-electron chi connectivity index (χ3n) is 2.92. The van der Waals surface area contributed by atoms with Gasteiger partial charge in [-0.3, -0.25) is 14.9 Å². The molecule has 7 nitrogen and oxygen atoms in total. The molecule has 102 valence electrons. The summed E-state index contributed by atoms with van der Waals surface area (Å²) in [6, 6.07) is 3.86. The number of para-hydroxylation sites is 1. The van der Waals surface area contributed by atoms with E-state index < -0.39 is 10.8 Å². The lowest BCUT2D eigenvalue weighted by Gasteiger charge is -2.10. The summed E-state index contributed by atoms with van der Waals surface area (Å²) in [5.74, 6) is -0.730. The van der Waals surface area contributed by atoms with Crippen LogP contribution in [0.2, 0.25) is 0 Å². The van der Waals surface area contributed by atoms with Crippen LogP contribution in [-0.4, -0.2) is 28.6 Å². The van der Waals surface area contributed by atoms with E-state index in [1.807, 2.05) is 0 Å². The zero-order chi connectivity index (χ0) is 13.8. The molecular formula is C12H14N2O5. The highest BCUT2D eigenvalue weighted by Gasteiger charge is 2.23. The Kier molecular flexibility index (Phi) is 3.96. The summed E-state index contributed by atoms with van der Waals surface area (Å²) in [5, 5.41) is 22.8. The van der Waals surface area contributed by atoms with Crippen LogP contribution < -0.4 is 5.32 Å². The van der Waals surface area contributed by atoms with Gasteiger partial charge < -0.3 is 15.2 Å². The minimum absolute atomic E-state index is 0.130. The van der Waals surface area contributed by atoms with Crippen molar-refractivity contribution in [2.45, 2.75) is 25.4 Å². The molecule has 1 aromatic rings. The number of carbonyl (C=O) groups excluding carboxylic acids is 1. The second-order valence-corrected chi connectivity index (χ2v) is 4.32. The van der Waals surface area contributed by atoms with E-state index in [-0.39, 0.29) is 29.6 Å². The van der Waals surface area contributed by atoms with Crippen LogP contribution in [0.5, 0.6) is 5.75 Å². The zero-order valence-electron chi connectivity index (χ0n) is 10.2. The van der Waals surface area contributed by atoms with Crippen LogP contribution in [0.4, 0.5) is 11.4 Å². The van der Waals surface area contributed by atoms with E-state index in [9.17, 15) is 20.0 Å². The average Bonchev–Trinajstić information content (AvgIpc) is 2.84. The van der Waals surface area contributed by atoms with Crippen LogP contribution in [-0.2, 0) is 9.53 Å². The third kappa shape index (κ3) is 3.19. The molecule has 1 saturated heterocycles. The first kappa shape index (κ1) is 13.3. The van der Waals surface area contributed by atoms with Gasteiger partial charge in [0.05, 0.1) is 17.4 Å². The summed E-state index contributed by atoms with van der Waals surface area (Å²) < 4.78 is 5.31. The van der Waals surface area contributed by atoms with E-state index in [2.05, 4.69) is 5.32 Å². The predicted molar refractivity (Wildman–Crippen MR) is 67.0 cm³/mol. The first-order valence-corrected chi connectivity index (χ1v) is 5.95. The topological polar surface area (TPSA) is 102 Å². The summed E-state index contributed by atoms with van der Waals surface area (Å²) >= 11 is 0. The Balaban J connectivity index is 2.09. The van der Waals surface area contributed by atoms with E-state index in [0.29, 0.717) is 6.61 Å². The number of benzene rings is 1. The molecule has 1 unspecified atom stereocenters. The molecule has 1 amide bonds. The van der Waals surface area contributed by atoms with Crippen molar-refractivity contribution in [3.8, 4) is 5.75 Å². The van der Waals surface area contributed by atoms with Crippen molar-refractivity contribution in [2.24, 2.45) is 0 Å². The number of hydrogen-bond donors (Lipinski definition) is 2. The number of nitrogens with zero attached hydrogens (tertiary/aromatic N) is 1. The van der Waals surface area contributed by atoms with Crippen LogP contribution >= 0.6 is 0 Å². The number of anilines is 1. The molecular weight excluding hydrogens is 252 g/mol. The van der Waals surface area contributed by atoms with Crippen LogP contribution in [0, 0.1) is 10.1 Å². The Labute approximate surface area is 109 Å². The SMILES string of the molecule is O=C(CC1CCCO1)Nc1c(O)cccc1[N+](=O)[O-]. The minimum Gasteiger partial charge on any atom is -0.505 e. The van der Waals surface area contributed by atoms with Crippen molar-refractivity contribution in [1.29, 1.82) is 0 Å². The van der Waals surface area contributed by atoms with Crippen LogP contribution in [0.15, 0.2) is 18.2 Å². The molecule has 0 saturated carbocycles. The van der Waals surface area contributed by atoms with Gasteiger partial charge in [0.25, 0.3) is 5.69 Å². The normalized spacial score (nSPS) is 18.2. The van der Waals surface area contributed by atoms with Crippen molar-refractivity contribution in [1.82, 2.24) is 0 Å². The van der Waals surface area contributed by atoms with Crippen LogP contribution in [0.1, 0.15) is 19.3 Å². The number of phenols is 1. The summed E-state index contributed by atoms with van der Waals surface area (Å²) in [6.07, 6.45) is 1.70. The number of aromatic hydroxyl groups is 1. The molecule has 19 heavy (non-hydrogen) atoms. The lowest BCUT2D eigenvalue weighted by Crippen LogP contribution is -2.19. The minimum atomic E-state index is -0.651. The second kappa shape index (κ2) is 5.66. The lowest BCUT2D eigenvalue weighted by atomic mass is 10.1. The highest BCUT2D eigenvalue weighted by molar-refractivity contribution is 5.95. The fourth-order valence-electron chi connectivity index (χ4n) is 2.01. The smallest absolute Gasteiger partial charge is 0.296 e. The zero-order valence-corrected chi connectivity index (χ0v) is 10.2. The van der Waals surface area contributed by atoms with Gasteiger partial charge in [0, 0.05) is 12.7 Å².